The van der Waals surface area contributed by atoms with Crippen molar-refractivity contribution >= 4 is 35.1 Å². The van der Waals surface area contributed by atoms with Crippen molar-refractivity contribution in [2.45, 2.75) is 0 Å². The third-order valence-electron chi connectivity index (χ3n) is 1.42. The molecule has 0 aliphatic carbocycles. The van der Waals surface area contributed by atoms with Crippen LogP contribution in [-0.2, 0) is 0 Å². The Balaban J connectivity index is 0.000000845. The van der Waals surface area contributed by atoms with Crippen LogP contribution in [0.15, 0.2) is 14.4 Å². The number of aromatic nitrogens is 4. The van der Waals surface area contributed by atoms with Gasteiger partial charge in [0, 0.05) is 23.9 Å². The largest absolute Gasteiger partial charge is 0.327 e. The van der Waals surface area contributed by atoms with Crippen LogP contribution in [-0.4, -0.2) is 43.8 Å². The average Bonchev–Trinajstić information content (AvgIpc) is 2.29. The molecule has 2 aromatic rings. The fourth-order valence-corrected chi connectivity index (χ4v) is 0.958. The van der Waals surface area contributed by atoms with Gasteiger partial charge in [-0.1, -0.05) is 0 Å². The van der Waals surface area contributed by atoms with Gasteiger partial charge in [0.2, 0.25) is 0 Å². The van der Waals surface area contributed by atoms with Crippen LogP contribution in [0.1, 0.15) is 0 Å². The van der Waals surface area contributed by atoms with Gasteiger partial charge in [-0.05, 0) is 0 Å². The van der Waals surface area contributed by atoms with E-state index >= 15 is 0 Å². The standard InChI is InChI=1S/C5H4N4O3.Sn/c10-3-1-2(7-4(11)6-1)8-5(12)9-3;/h(H4,6,7,8,9,10,11,12);. The molecule has 4 N–H and O–H groups in total. The molecule has 0 saturated carbocycles. The van der Waals surface area contributed by atoms with Crippen molar-refractivity contribution in [2.75, 3.05) is 0 Å². The number of rotatable bonds is 0. The fraction of sp³-hybridized carbons (Fsp3) is 0. The second-order valence-electron chi connectivity index (χ2n) is 2.24. The first-order chi connectivity index (χ1) is 5.66. The Kier molecular flexibility index (Phi) is 2.45. The third-order valence-corrected chi connectivity index (χ3v) is 1.42. The monoisotopic (exact) mass is 288 g/mol. The molecule has 13 heavy (non-hydrogen) atoms. The number of aromatic amines is 4. The van der Waals surface area contributed by atoms with E-state index in [0.717, 1.165) is 0 Å². The smallest absolute Gasteiger partial charge is 0.300 e. The van der Waals surface area contributed by atoms with Crippen molar-refractivity contribution < 1.29 is 0 Å². The molecule has 0 saturated heterocycles. The summed E-state index contributed by atoms with van der Waals surface area (Å²) in [6.07, 6.45) is 0. The maximum absolute atomic E-state index is 10.9. The second-order valence-corrected chi connectivity index (χ2v) is 2.24. The summed E-state index contributed by atoms with van der Waals surface area (Å²) in [5, 5.41) is 0. The van der Waals surface area contributed by atoms with Gasteiger partial charge in [0.1, 0.15) is 11.2 Å². The summed E-state index contributed by atoms with van der Waals surface area (Å²) in [5.41, 5.74) is -1.65. The van der Waals surface area contributed by atoms with E-state index < -0.39 is 16.9 Å². The molecule has 0 amide bonds. The Morgan fingerprint density at radius 3 is 1.92 bits per heavy atom. The van der Waals surface area contributed by atoms with E-state index in [1.165, 1.54) is 0 Å². The summed E-state index contributed by atoms with van der Waals surface area (Å²) in [6.45, 7) is 0. The van der Waals surface area contributed by atoms with Gasteiger partial charge in [-0.15, -0.1) is 0 Å². The van der Waals surface area contributed by atoms with Crippen molar-refractivity contribution in [3.05, 3.63) is 31.3 Å². The molecule has 0 fully saturated rings. The first-order valence-electron chi connectivity index (χ1n) is 3.11. The molecule has 0 spiro atoms. The molecule has 8 heteroatoms. The third kappa shape index (κ3) is 1.59. The van der Waals surface area contributed by atoms with Gasteiger partial charge in [0.15, 0.2) is 0 Å². The Morgan fingerprint density at radius 2 is 1.31 bits per heavy atom. The first kappa shape index (κ1) is 9.83. The van der Waals surface area contributed by atoms with Crippen LogP contribution in [0.5, 0.6) is 0 Å². The average molecular weight is 287 g/mol. The molecule has 0 bridgehead atoms. The fourth-order valence-electron chi connectivity index (χ4n) is 0.958. The van der Waals surface area contributed by atoms with Crippen LogP contribution in [0.4, 0.5) is 0 Å². The minimum absolute atomic E-state index is 0. The van der Waals surface area contributed by atoms with E-state index in [4.69, 9.17) is 0 Å². The van der Waals surface area contributed by atoms with Crippen LogP contribution in [0, 0.1) is 0 Å². The van der Waals surface area contributed by atoms with Crippen LogP contribution in [0.3, 0.4) is 0 Å². The van der Waals surface area contributed by atoms with Crippen molar-refractivity contribution in [3.63, 3.8) is 0 Å². The van der Waals surface area contributed by atoms with Gasteiger partial charge in [-0.2, -0.15) is 0 Å². The van der Waals surface area contributed by atoms with Gasteiger partial charge in [-0.25, -0.2) is 9.59 Å². The second kappa shape index (κ2) is 3.24. The summed E-state index contributed by atoms with van der Waals surface area (Å²) in [4.78, 5) is 41.0. The normalized spacial score (nSPS) is 9.85. The molecule has 2 rings (SSSR count). The summed E-state index contributed by atoms with van der Waals surface area (Å²) < 4.78 is 0. The van der Waals surface area contributed by atoms with Crippen molar-refractivity contribution in [1.29, 1.82) is 0 Å². The number of hydrogen-bond donors (Lipinski definition) is 4. The summed E-state index contributed by atoms with van der Waals surface area (Å²) in [7, 11) is 0. The van der Waals surface area contributed by atoms with Gasteiger partial charge in [0.25, 0.3) is 5.56 Å². The van der Waals surface area contributed by atoms with Gasteiger partial charge in [-0.3, -0.25) is 24.7 Å². The number of H-pyrrole nitrogens is 4. The van der Waals surface area contributed by atoms with E-state index in [-0.39, 0.29) is 35.1 Å². The summed E-state index contributed by atoms with van der Waals surface area (Å²) >= 11 is 0. The molecule has 4 radical (unpaired) electrons. The number of fused-ring (bicyclic) bond motifs is 1. The van der Waals surface area contributed by atoms with Gasteiger partial charge in [0.05, 0.1) is 0 Å². The zero-order chi connectivity index (χ0) is 8.72. The van der Waals surface area contributed by atoms with E-state index in [0.29, 0.717) is 0 Å². The molecule has 7 nitrogen and oxygen atoms in total. The molecular formula is C5H4N4O3Sn. The maximum atomic E-state index is 10.9. The zero-order valence-corrected chi connectivity index (χ0v) is 9.08. The van der Waals surface area contributed by atoms with Crippen molar-refractivity contribution in [1.82, 2.24) is 19.9 Å². The van der Waals surface area contributed by atoms with E-state index in [1.54, 1.807) is 0 Å². The van der Waals surface area contributed by atoms with E-state index in [2.05, 4.69) is 15.0 Å². The van der Waals surface area contributed by atoms with E-state index in [9.17, 15) is 14.4 Å². The Morgan fingerprint density at radius 1 is 0.769 bits per heavy atom. The number of hydrogen-bond acceptors (Lipinski definition) is 3. The molecule has 0 aliphatic rings. The first-order valence-corrected chi connectivity index (χ1v) is 3.11. The van der Waals surface area contributed by atoms with Crippen LogP contribution in [0.25, 0.3) is 11.2 Å². The van der Waals surface area contributed by atoms with Crippen LogP contribution < -0.4 is 16.9 Å². The van der Waals surface area contributed by atoms with E-state index in [1.807, 2.05) is 4.98 Å². The molecule has 0 aromatic carbocycles. The molecule has 0 atom stereocenters. The predicted octanol–water partition coefficient (Wildman–Crippen LogP) is -2.15. The molecule has 2 aromatic heterocycles. The number of imidazole rings is 1. The van der Waals surface area contributed by atoms with Gasteiger partial charge >= 0.3 is 11.4 Å². The maximum Gasteiger partial charge on any atom is 0.327 e. The minimum Gasteiger partial charge on any atom is -0.300 e. The molecule has 0 unspecified atom stereocenters. The summed E-state index contributed by atoms with van der Waals surface area (Å²) in [6, 6.07) is 0. The summed E-state index contributed by atoms with van der Waals surface area (Å²) in [5.74, 6) is 0. The van der Waals surface area contributed by atoms with Crippen molar-refractivity contribution in [3.8, 4) is 0 Å². The Hall–Kier alpha value is -1.25. The predicted molar refractivity (Wildman–Crippen MR) is 45.9 cm³/mol. The van der Waals surface area contributed by atoms with Crippen molar-refractivity contribution in [2.24, 2.45) is 0 Å². The topological polar surface area (TPSA) is 114 Å². The molecule has 0 aliphatic heterocycles. The van der Waals surface area contributed by atoms with Crippen LogP contribution >= 0.6 is 0 Å². The molecule has 66 valence electrons. The van der Waals surface area contributed by atoms with Gasteiger partial charge < -0.3 is 0 Å². The molecular weight excluding hydrogens is 283 g/mol. The quantitative estimate of drug-likeness (QED) is 0.414. The number of nitrogens with one attached hydrogen (secondary N) is 4. The molecule has 2 heterocycles. The van der Waals surface area contributed by atoms with Crippen LogP contribution in [0.2, 0.25) is 0 Å². The zero-order valence-electron chi connectivity index (χ0n) is 6.22. The minimum atomic E-state index is -0.650. The Labute approximate surface area is 86.5 Å². The Bertz CT molecular complexity index is 588. The SMILES string of the molecule is O=c1[nH]c(=O)c2[nH]c(=O)[nH]c2[nH]1.[Sn].